The van der Waals surface area contributed by atoms with Gasteiger partial charge in [-0.15, -0.1) is 0 Å². The number of halogens is 2. The smallest absolute Gasteiger partial charge is 0.194 e. The number of aliphatic hydroxyl groups is 1. The summed E-state index contributed by atoms with van der Waals surface area (Å²) in [6.07, 6.45) is -0.791. The number of methoxy groups -OCH3 is 1. The quantitative estimate of drug-likeness (QED) is 0.521. The first-order valence-electron chi connectivity index (χ1n) is 10.5. The van der Waals surface area contributed by atoms with E-state index in [4.69, 9.17) is 4.74 Å². The Bertz CT molecular complexity index is 868. The molecule has 2 N–H and O–H groups in total. The topological polar surface area (TPSA) is 60.3 Å². The third-order valence-electron chi connectivity index (χ3n) is 5.30. The van der Waals surface area contributed by atoms with Gasteiger partial charge in [-0.05, 0) is 42.3 Å². The van der Waals surface area contributed by atoms with Crippen LogP contribution < -0.4 is 10.1 Å². The number of hydrogen-bond donors (Lipinski definition) is 2. The fourth-order valence-electron chi connectivity index (χ4n) is 3.57. The maximum Gasteiger partial charge on any atom is 0.194 e. The molecule has 1 unspecified atom stereocenters. The number of aliphatic imine (C=N–C) groups is 1. The molecule has 0 aliphatic carbocycles. The van der Waals surface area contributed by atoms with E-state index in [-0.39, 0.29) is 23.9 Å². The second-order valence-electron chi connectivity index (χ2n) is 7.49. The lowest BCUT2D eigenvalue weighted by atomic mass is 10.1. The first-order chi connectivity index (χ1) is 15.0. The van der Waals surface area contributed by atoms with Crippen LogP contribution in [0.1, 0.15) is 24.2 Å². The number of nitrogens with one attached hydrogen (secondary N) is 1. The minimum Gasteiger partial charge on any atom is -0.494 e. The summed E-state index contributed by atoms with van der Waals surface area (Å²) in [5.74, 6) is 0.324. The van der Waals surface area contributed by atoms with Crippen molar-refractivity contribution in [2.45, 2.75) is 19.6 Å². The Hall–Kier alpha value is -2.71. The molecule has 8 heteroatoms. The van der Waals surface area contributed by atoms with E-state index >= 15 is 0 Å². The average Bonchev–Trinajstić information content (AvgIpc) is 2.78. The van der Waals surface area contributed by atoms with Crippen molar-refractivity contribution >= 4 is 5.96 Å². The first kappa shape index (κ1) is 23.0. The van der Waals surface area contributed by atoms with Gasteiger partial charge < -0.3 is 20.1 Å². The highest BCUT2D eigenvalue weighted by atomic mass is 19.1. The molecule has 0 saturated carbocycles. The van der Waals surface area contributed by atoms with Crippen LogP contribution in [0.25, 0.3) is 0 Å². The molecule has 1 aliphatic heterocycles. The third kappa shape index (κ3) is 6.38. The van der Waals surface area contributed by atoms with Gasteiger partial charge in [0.15, 0.2) is 17.5 Å². The van der Waals surface area contributed by atoms with Crippen LogP contribution in [0, 0.1) is 11.6 Å². The number of benzene rings is 2. The Morgan fingerprint density at radius 1 is 1.13 bits per heavy atom. The molecule has 1 heterocycles. The number of guanidine groups is 1. The van der Waals surface area contributed by atoms with Crippen molar-refractivity contribution in [1.82, 2.24) is 15.1 Å². The van der Waals surface area contributed by atoms with Gasteiger partial charge in [0.1, 0.15) is 5.82 Å². The zero-order valence-electron chi connectivity index (χ0n) is 18.0. The zero-order chi connectivity index (χ0) is 22.2. The van der Waals surface area contributed by atoms with Crippen molar-refractivity contribution in [2.24, 2.45) is 4.99 Å². The maximum atomic E-state index is 13.9. The molecule has 0 amide bonds. The second-order valence-corrected chi connectivity index (χ2v) is 7.49. The van der Waals surface area contributed by atoms with Gasteiger partial charge in [-0.2, -0.15) is 0 Å². The minimum absolute atomic E-state index is 0.194. The van der Waals surface area contributed by atoms with Gasteiger partial charge in [0, 0.05) is 39.3 Å². The monoisotopic (exact) mass is 432 g/mol. The van der Waals surface area contributed by atoms with E-state index in [0.717, 1.165) is 44.2 Å². The molecule has 0 aromatic heterocycles. The summed E-state index contributed by atoms with van der Waals surface area (Å²) < 4.78 is 32.0. The predicted molar refractivity (Wildman–Crippen MR) is 117 cm³/mol. The molecule has 1 aliphatic rings. The van der Waals surface area contributed by atoms with Gasteiger partial charge in [0.05, 0.1) is 19.8 Å². The SMILES string of the molecule is CCNC(=NCC(O)c1ccc(F)cc1)N1CCN(Cc2ccc(OC)c(F)c2)CC1. The van der Waals surface area contributed by atoms with Gasteiger partial charge in [-0.1, -0.05) is 18.2 Å². The summed E-state index contributed by atoms with van der Waals surface area (Å²) in [6.45, 7) is 6.77. The Labute approximate surface area is 182 Å². The van der Waals surface area contributed by atoms with Gasteiger partial charge >= 0.3 is 0 Å². The summed E-state index contributed by atoms with van der Waals surface area (Å²) in [5.41, 5.74) is 1.55. The lowest BCUT2D eigenvalue weighted by Gasteiger charge is -2.36. The molecule has 1 fully saturated rings. The number of ether oxygens (including phenoxy) is 1. The van der Waals surface area contributed by atoms with E-state index in [1.54, 1.807) is 18.2 Å². The summed E-state index contributed by atoms with van der Waals surface area (Å²) in [5, 5.41) is 13.6. The highest BCUT2D eigenvalue weighted by molar-refractivity contribution is 5.80. The highest BCUT2D eigenvalue weighted by Crippen LogP contribution is 2.19. The van der Waals surface area contributed by atoms with Crippen LogP contribution in [-0.4, -0.2) is 67.2 Å². The summed E-state index contributed by atoms with van der Waals surface area (Å²) in [4.78, 5) is 9.01. The van der Waals surface area contributed by atoms with Crippen LogP contribution in [0.2, 0.25) is 0 Å². The molecule has 2 aromatic carbocycles. The van der Waals surface area contributed by atoms with Crippen LogP contribution in [0.5, 0.6) is 5.75 Å². The number of aliphatic hydroxyl groups excluding tert-OH is 1. The fourth-order valence-corrected chi connectivity index (χ4v) is 3.57. The van der Waals surface area contributed by atoms with E-state index in [0.29, 0.717) is 12.1 Å². The first-order valence-corrected chi connectivity index (χ1v) is 10.5. The van der Waals surface area contributed by atoms with E-state index in [9.17, 15) is 13.9 Å². The molecule has 0 bridgehead atoms. The second kappa shape index (κ2) is 11.1. The number of hydrogen-bond acceptors (Lipinski definition) is 4. The molecule has 3 rings (SSSR count). The van der Waals surface area contributed by atoms with E-state index in [2.05, 4.69) is 20.1 Å². The average molecular weight is 433 g/mol. The predicted octanol–water partition coefficient (Wildman–Crippen LogP) is 2.79. The van der Waals surface area contributed by atoms with E-state index in [1.165, 1.54) is 25.3 Å². The van der Waals surface area contributed by atoms with E-state index in [1.807, 2.05) is 13.0 Å². The summed E-state index contributed by atoms with van der Waals surface area (Å²) in [6, 6.07) is 10.9. The molecule has 168 valence electrons. The van der Waals surface area contributed by atoms with Gasteiger partial charge in [-0.3, -0.25) is 9.89 Å². The molecule has 1 atom stereocenters. The Morgan fingerprint density at radius 2 is 1.84 bits per heavy atom. The molecule has 31 heavy (non-hydrogen) atoms. The lowest BCUT2D eigenvalue weighted by Crippen LogP contribution is -2.52. The van der Waals surface area contributed by atoms with Crippen molar-refractivity contribution in [3.8, 4) is 5.75 Å². The Morgan fingerprint density at radius 3 is 2.45 bits per heavy atom. The molecule has 0 radical (unpaired) electrons. The van der Waals surface area contributed by atoms with Crippen LogP contribution >= 0.6 is 0 Å². The molecule has 1 saturated heterocycles. The maximum absolute atomic E-state index is 13.9. The number of piperazine rings is 1. The van der Waals surface area contributed by atoms with Crippen molar-refractivity contribution in [3.05, 3.63) is 65.2 Å². The molecule has 0 spiro atoms. The highest BCUT2D eigenvalue weighted by Gasteiger charge is 2.20. The van der Waals surface area contributed by atoms with Crippen molar-refractivity contribution in [3.63, 3.8) is 0 Å². The van der Waals surface area contributed by atoms with Crippen LogP contribution in [0.3, 0.4) is 0 Å². The summed E-state index contributed by atoms with van der Waals surface area (Å²) in [7, 11) is 1.46. The molecule has 6 nitrogen and oxygen atoms in total. The van der Waals surface area contributed by atoms with Crippen molar-refractivity contribution < 1.29 is 18.6 Å². The standard InChI is InChI=1S/C23H30F2N4O2/c1-3-26-23(27-15-21(30)18-5-7-19(24)8-6-18)29-12-10-28(11-13-29)16-17-4-9-22(31-2)20(25)14-17/h4-9,14,21,30H,3,10-13,15-16H2,1-2H3,(H,26,27). The molecular formula is C23H30F2N4O2. The lowest BCUT2D eigenvalue weighted by molar-refractivity contribution is 0.169. The number of nitrogens with zero attached hydrogens (tertiary/aromatic N) is 3. The van der Waals surface area contributed by atoms with Crippen LogP contribution in [0.15, 0.2) is 47.5 Å². The third-order valence-corrected chi connectivity index (χ3v) is 5.30. The summed E-state index contributed by atoms with van der Waals surface area (Å²) >= 11 is 0. The van der Waals surface area contributed by atoms with Gasteiger partial charge in [0.25, 0.3) is 0 Å². The van der Waals surface area contributed by atoms with Crippen molar-refractivity contribution in [2.75, 3.05) is 46.4 Å². The van der Waals surface area contributed by atoms with Crippen molar-refractivity contribution in [1.29, 1.82) is 0 Å². The minimum atomic E-state index is -0.791. The Kier molecular flexibility index (Phi) is 8.20. The van der Waals surface area contributed by atoms with Gasteiger partial charge in [-0.25, -0.2) is 8.78 Å². The van der Waals surface area contributed by atoms with Gasteiger partial charge in [0.2, 0.25) is 0 Å². The van der Waals surface area contributed by atoms with E-state index < -0.39 is 6.10 Å². The largest absolute Gasteiger partial charge is 0.494 e. The fraction of sp³-hybridized carbons (Fsp3) is 0.435. The van der Waals surface area contributed by atoms with Crippen LogP contribution in [-0.2, 0) is 6.54 Å². The number of rotatable bonds is 7. The van der Waals surface area contributed by atoms with Crippen LogP contribution in [0.4, 0.5) is 8.78 Å². The molecular weight excluding hydrogens is 402 g/mol. The Balaban J connectivity index is 1.55. The normalized spacial score (nSPS) is 16.3. The zero-order valence-corrected chi connectivity index (χ0v) is 18.0. The molecule has 2 aromatic rings.